The van der Waals surface area contributed by atoms with Crippen LogP contribution in [-0.2, 0) is 0 Å². The number of carboxylic acids is 1. The topological polar surface area (TPSA) is 63.1 Å². The molecule has 0 radical (unpaired) electrons. The van der Waals surface area contributed by atoms with Crippen LogP contribution in [0, 0.1) is 6.92 Å². The van der Waals surface area contributed by atoms with Gasteiger partial charge in [0.05, 0.1) is 11.2 Å². The van der Waals surface area contributed by atoms with Gasteiger partial charge in [0.15, 0.2) is 0 Å². The molecule has 0 aliphatic rings. The summed E-state index contributed by atoms with van der Waals surface area (Å²) in [5.41, 5.74) is 1.29. The zero-order valence-electron chi connectivity index (χ0n) is 7.86. The van der Waals surface area contributed by atoms with Crippen molar-refractivity contribution in [2.75, 3.05) is 0 Å². The smallest absolute Gasteiger partial charge is 0.373 e. The molecule has 1 aromatic heterocycles. The Morgan fingerprint density at radius 3 is 2.80 bits per heavy atom. The van der Waals surface area contributed by atoms with Crippen LogP contribution in [0.3, 0.4) is 0 Å². The molecule has 0 atom stereocenters. The van der Waals surface area contributed by atoms with Crippen LogP contribution in [0.15, 0.2) is 22.7 Å². The third-order valence-electron chi connectivity index (χ3n) is 2.04. The number of benzene rings is 1. The van der Waals surface area contributed by atoms with E-state index in [9.17, 15) is 4.79 Å². The minimum atomic E-state index is -1.11. The molecular formula is C10H7BrN2O2. The van der Waals surface area contributed by atoms with E-state index in [-0.39, 0.29) is 5.82 Å². The van der Waals surface area contributed by atoms with E-state index in [0.29, 0.717) is 11.2 Å². The summed E-state index contributed by atoms with van der Waals surface area (Å²) >= 11 is 3.38. The summed E-state index contributed by atoms with van der Waals surface area (Å²) in [5.74, 6) is -1.28. The van der Waals surface area contributed by atoms with E-state index >= 15 is 0 Å². The molecule has 0 saturated carbocycles. The average molecular weight is 267 g/mol. The molecule has 0 aliphatic heterocycles. The van der Waals surface area contributed by atoms with E-state index < -0.39 is 5.97 Å². The average Bonchev–Trinajstić information content (AvgIpc) is 2.17. The molecule has 0 saturated heterocycles. The highest BCUT2D eigenvalue weighted by Gasteiger charge is 2.11. The van der Waals surface area contributed by atoms with Crippen LogP contribution in [0.2, 0.25) is 0 Å². The molecule has 1 heterocycles. The maximum absolute atomic E-state index is 10.7. The third kappa shape index (κ3) is 1.70. The fraction of sp³-hybridized carbons (Fsp3) is 0.100. The number of nitrogens with zero attached hydrogens (tertiary/aromatic N) is 2. The molecule has 0 fully saturated rings. The minimum Gasteiger partial charge on any atom is -0.475 e. The van der Waals surface area contributed by atoms with Crippen molar-refractivity contribution in [2.45, 2.75) is 6.92 Å². The largest absolute Gasteiger partial charge is 0.475 e. The number of hydrogen-bond acceptors (Lipinski definition) is 3. The van der Waals surface area contributed by atoms with Crippen LogP contribution in [0.5, 0.6) is 0 Å². The van der Waals surface area contributed by atoms with Crippen LogP contribution in [-0.4, -0.2) is 21.0 Å². The number of hydrogen-bond donors (Lipinski definition) is 1. The fourth-order valence-electron chi connectivity index (χ4n) is 1.41. The summed E-state index contributed by atoms with van der Waals surface area (Å²) in [6.45, 7) is 1.77. The van der Waals surface area contributed by atoms with E-state index in [2.05, 4.69) is 25.9 Å². The van der Waals surface area contributed by atoms with E-state index in [1.54, 1.807) is 13.0 Å². The number of carboxylic acid groups (broad SMARTS) is 1. The Labute approximate surface area is 94.1 Å². The number of fused-ring (bicyclic) bond motifs is 1. The molecule has 0 spiro atoms. The van der Waals surface area contributed by atoms with Crippen molar-refractivity contribution in [1.82, 2.24) is 9.97 Å². The zero-order valence-corrected chi connectivity index (χ0v) is 9.45. The van der Waals surface area contributed by atoms with Gasteiger partial charge >= 0.3 is 5.97 Å². The van der Waals surface area contributed by atoms with Gasteiger partial charge in [-0.2, -0.15) is 0 Å². The lowest BCUT2D eigenvalue weighted by molar-refractivity contribution is 0.0683. The molecule has 2 rings (SSSR count). The minimum absolute atomic E-state index is 0.168. The molecular weight excluding hydrogens is 260 g/mol. The quantitative estimate of drug-likeness (QED) is 0.861. The second kappa shape index (κ2) is 3.58. The molecule has 1 aromatic carbocycles. The van der Waals surface area contributed by atoms with Gasteiger partial charge in [-0.3, -0.25) is 0 Å². The van der Waals surface area contributed by atoms with Crippen LogP contribution >= 0.6 is 15.9 Å². The SMILES string of the molecule is Cc1nc(C(=O)O)nc2cccc(Br)c12. The lowest BCUT2D eigenvalue weighted by Gasteiger charge is -2.04. The number of halogens is 1. The molecule has 2 aromatic rings. The second-order valence-electron chi connectivity index (χ2n) is 3.07. The summed E-state index contributed by atoms with van der Waals surface area (Å²) in [6.07, 6.45) is 0. The third-order valence-corrected chi connectivity index (χ3v) is 2.71. The highest BCUT2D eigenvalue weighted by molar-refractivity contribution is 9.10. The normalized spacial score (nSPS) is 10.5. The van der Waals surface area contributed by atoms with Gasteiger partial charge in [-0.05, 0) is 19.1 Å². The van der Waals surface area contributed by atoms with Crippen molar-refractivity contribution in [3.05, 3.63) is 34.2 Å². The number of rotatable bonds is 1. The molecule has 76 valence electrons. The van der Waals surface area contributed by atoms with Crippen molar-refractivity contribution in [3.63, 3.8) is 0 Å². The number of aromatic carboxylic acids is 1. The number of carbonyl (C=O) groups is 1. The standard InChI is InChI=1S/C10H7BrN2O2/c1-5-8-6(11)3-2-4-7(8)13-9(12-5)10(14)15/h2-4H,1H3,(H,14,15). The summed E-state index contributed by atoms with van der Waals surface area (Å²) < 4.78 is 0.870. The van der Waals surface area contributed by atoms with Crippen molar-refractivity contribution in [3.8, 4) is 0 Å². The van der Waals surface area contributed by atoms with Gasteiger partial charge in [0.1, 0.15) is 0 Å². The van der Waals surface area contributed by atoms with E-state index in [0.717, 1.165) is 9.86 Å². The Bertz CT molecular complexity index is 554. The van der Waals surface area contributed by atoms with Crippen molar-refractivity contribution in [2.24, 2.45) is 0 Å². The Hall–Kier alpha value is -1.49. The first kappa shape index (κ1) is 10.0. The molecule has 1 N–H and O–H groups in total. The van der Waals surface area contributed by atoms with E-state index in [1.807, 2.05) is 12.1 Å². The van der Waals surface area contributed by atoms with Crippen LogP contribution in [0.4, 0.5) is 0 Å². The summed E-state index contributed by atoms with van der Waals surface area (Å²) in [6, 6.07) is 5.45. The lowest BCUT2D eigenvalue weighted by Crippen LogP contribution is -2.05. The molecule has 0 aliphatic carbocycles. The van der Waals surface area contributed by atoms with E-state index in [4.69, 9.17) is 5.11 Å². The maximum Gasteiger partial charge on any atom is 0.373 e. The van der Waals surface area contributed by atoms with Crippen LogP contribution in [0.1, 0.15) is 16.3 Å². The predicted molar refractivity (Wildman–Crippen MR) is 58.9 cm³/mol. The summed E-state index contributed by atoms with van der Waals surface area (Å²) in [7, 11) is 0. The van der Waals surface area contributed by atoms with Crippen molar-refractivity contribution >= 4 is 32.8 Å². The molecule has 0 unspecified atom stereocenters. The first-order valence-corrected chi connectivity index (χ1v) is 5.05. The number of aromatic nitrogens is 2. The fourth-order valence-corrected chi connectivity index (χ4v) is 2.06. The van der Waals surface area contributed by atoms with Gasteiger partial charge in [-0.1, -0.05) is 22.0 Å². The van der Waals surface area contributed by atoms with Crippen LogP contribution in [0.25, 0.3) is 10.9 Å². The van der Waals surface area contributed by atoms with Gasteiger partial charge in [0.25, 0.3) is 0 Å². The first-order chi connectivity index (χ1) is 7.09. The maximum atomic E-state index is 10.7. The molecule has 4 nitrogen and oxygen atoms in total. The Morgan fingerprint density at radius 1 is 1.40 bits per heavy atom. The Morgan fingerprint density at radius 2 is 2.13 bits per heavy atom. The number of aryl methyl sites for hydroxylation is 1. The summed E-state index contributed by atoms with van der Waals surface area (Å²) in [4.78, 5) is 18.6. The zero-order chi connectivity index (χ0) is 11.0. The first-order valence-electron chi connectivity index (χ1n) is 4.26. The molecule has 15 heavy (non-hydrogen) atoms. The van der Waals surface area contributed by atoms with Crippen molar-refractivity contribution < 1.29 is 9.90 Å². The van der Waals surface area contributed by atoms with E-state index in [1.165, 1.54) is 0 Å². The lowest BCUT2D eigenvalue weighted by atomic mass is 10.2. The monoisotopic (exact) mass is 266 g/mol. The highest BCUT2D eigenvalue weighted by atomic mass is 79.9. The molecule has 0 amide bonds. The van der Waals surface area contributed by atoms with Crippen molar-refractivity contribution in [1.29, 1.82) is 0 Å². The van der Waals surface area contributed by atoms with Gasteiger partial charge in [-0.15, -0.1) is 0 Å². The molecule has 5 heteroatoms. The van der Waals surface area contributed by atoms with Gasteiger partial charge < -0.3 is 5.11 Å². The van der Waals surface area contributed by atoms with Gasteiger partial charge in [0.2, 0.25) is 5.82 Å². The molecule has 0 bridgehead atoms. The van der Waals surface area contributed by atoms with Crippen LogP contribution < -0.4 is 0 Å². The van der Waals surface area contributed by atoms with Gasteiger partial charge in [0, 0.05) is 9.86 Å². The van der Waals surface area contributed by atoms with Gasteiger partial charge in [-0.25, -0.2) is 14.8 Å². The highest BCUT2D eigenvalue weighted by Crippen LogP contribution is 2.24. The summed E-state index contributed by atoms with van der Waals surface area (Å²) in [5, 5.41) is 9.65. The Balaban J connectivity index is 2.84. The predicted octanol–water partition coefficient (Wildman–Crippen LogP) is 2.40. The Kier molecular flexibility index (Phi) is 2.40. The second-order valence-corrected chi connectivity index (χ2v) is 3.93.